The average molecular weight is 278 g/mol. The summed E-state index contributed by atoms with van der Waals surface area (Å²) in [6.45, 7) is 1.83. The largest absolute Gasteiger partial charge is 0.376 e. The standard InChI is InChI=1S/C14H22N4O2/c1-18(2)13-11(5-3-7-15-13)9-16-14(19)17-10-12-6-4-8-20-12/h3,5,7,12H,4,6,8-10H2,1-2H3,(H2,16,17,19)/t12-/m1/s1. The maximum absolute atomic E-state index is 11.7. The Morgan fingerprint density at radius 3 is 3.05 bits per heavy atom. The highest BCUT2D eigenvalue weighted by Crippen LogP contribution is 2.13. The predicted molar refractivity (Wildman–Crippen MR) is 77.8 cm³/mol. The molecule has 1 saturated heterocycles. The van der Waals surface area contributed by atoms with E-state index in [9.17, 15) is 4.79 Å². The van der Waals surface area contributed by atoms with Gasteiger partial charge in [0.1, 0.15) is 5.82 Å². The van der Waals surface area contributed by atoms with Gasteiger partial charge in [-0.2, -0.15) is 0 Å². The molecule has 1 aromatic rings. The second-order valence-electron chi connectivity index (χ2n) is 5.08. The molecule has 1 aromatic heterocycles. The topological polar surface area (TPSA) is 66.5 Å². The second kappa shape index (κ2) is 7.09. The van der Waals surface area contributed by atoms with E-state index in [1.807, 2.05) is 31.1 Å². The number of hydrogen-bond donors (Lipinski definition) is 2. The van der Waals surface area contributed by atoms with E-state index in [2.05, 4.69) is 15.6 Å². The van der Waals surface area contributed by atoms with Crippen molar-refractivity contribution >= 4 is 11.8 Å². The highest BCUT2D eigenvalue weighted by Gasteiger charge is 2.16. The van der Waals surface area contributed by atoms with E-state index in [4.69, 9.17) is 4.74 Å². The van der Waals surface area contributed by atoms with Crippen LogP contribution in [0.25, 0.3) is 0 Å². The minimum Gasteiger partial charge on any atom is -0.376 e. The molecule has 0 bridgehead atoms. The third-order valence-corrected chi connectivity index (χ3v) is 3.24. The fourth-order valence-electron chi connectivity index (χ4n) is 2.22. The van der Waals surface area contributed by atoms with Crippen LogP contribution in [0.4, 0.5) is 10.6 Å². The van der Waals surface area contributed by atoms with Crippen LogP contribution < -0.4 is 15.5 Å². The molecular formula is C14H22N4O2. The van der Waals surface area contributed by atoms with E-state index >= 15 is 0 Å². The van der Waals surface area contributed by atoms with Gasteiger partial charge in [-0.05, 0) is 18.9 Å². The van der Waals surface area contributed by atoms with E-state index in [1.54, 1.807) is 6.20 Å². The van der Waals surface area contributed by atoms with E-state index in [1.165, 1.54) is 0 Å². The molecule has 1 aliphatic heterocycles. The molecule has 2 rings (SSSR count). The molecule has 1 atom stereocenters. The number of ether oxygens (including phenoxy) is 1. The smallest absolute Gasteiger partial charge is 0.315 e. The molecule has 1 aliphatic rings. The minimum absolute atomic E-state index is 0.163. The molecule has 0 saturated carbocycles. The number of urea groups is 1. The van der Waals surface area contributed by atoms with E-state index in [0.717, 1.165) is 30.8 Å². The minimum atomic E-state index is -0.172. The molecule has 0 spiro atoms. The van der Waals surface area contributed by atoms with Gasteiger partial charge in [-0.15, -0.1) is 0 Å². The summed E-state index contributed by atoms with van der Waals surface area (Å²) in [7, 11) is 3.87. The number of pyridine rings is 1. The molecule has 2 heterocycles. The fourth-order valence-corrected chi connectivity index (χ4v) is 2.22. The monoisotopic (exact) mass is 278 g/mol. The number of nitrogens with one attached hydrogen (secondary N) is 2. The highest BCUT2D eigenvalue weighted by molar-refractivity contribution is 5.74. The molecule has 0 aromatic carbocycles. The van der Waals surface area contributed by atoms with Crippen molar-refractivity contribution in [2.45, 2.75) is 25.5 Å². The number of carbonyl (C=O) groups excluding carboxylic acids is 1. The number of amides is 2. The number of aromatic nitrogens is 1. The lowest BCUT2D eigenvalue weighted by molar-refractivity contribution is 0.111. The summed E-state index contributed by atoms with van der Waals surface area (Å²) in [5.41, 5.74) is 0.991. The van der Waals surface area contributed by atoms with Crippen LogP contribution in [-0.4, -0.2) is 44.4 Å². The van der Waals surface area contributed by atoms with Crippen LogP contribution in [-0.2, 0) is 11.3 Å². The maximum atomic E-state index is 11.7. The Morgan fingerprint density at radius 2 is 2.35 bits per heavy atom. The third-order valence-electron chi connectivity index (χ3n) is 3.24. The molecule has 0 unspecified atom stereocenters. The summed E-state index contributed by atoms with van der Waals surface area (Å²) in [5.74, 6) is 0.868. The van der Waals surface area contributed by atoms with Crippen LogP contribution in [0, 0.1) is 0 Å². The second-order valence-corrected chi connectivity index (χ2v) is 5.08. The number of carbonyl (C=O) groups is 1. The molecule has 1 fully saturated rings. The fraction of sp³-hybridized carbons (Fsp3) is 0.571. The van der Waals surface area contributed by atoms with Gasteiger partial charge in [0.2, 0.25) is 0 Å². The lowest BCUT2D eigenvalue weighted by Crippen LogP contribution is -2.39. The summed E-state index contributed by atoms with van der Waals surface area (Å²) < 4.78 is 5.46. The molecule has 110 valence electrons. The first-order valence-corrected chi connectivity index (χ1v) is 6.91. The maximum Gasteiger partial charge on any atom is 0.315 e. The number of hydrogen-bond acceptors (Lipinski definition) is 4. The Kier molecular flexibility index (Phi) is 5.17. The van der Waals surface area contributed by atoms with Crippen molar-refractivity contribution in [1.82, 2.24) is 15.6 Å². The Balaban J connectivity index is 1.78. The van der Waals surface area contributed by atoms with Crippen LogP contribution in [0.15, 0.2) is 18.3 Å². The Morgan fingerprint density at radius 1 is 1.50 bits per heavy atom. The normalized spacial score (nSPS) is 17.8. The molecule has 2 N–H and O–H groups in total. The third kappa shape index (κ3) is 4.09. The van der Waals surface area contributed by atoms with Gasteiger partial charge < -0.3 is 20.3 Å². The number of nitrogens with zero attached hydrogens (tertiary/aromatic N) is 2. The molecule has 6 heteroatoms. The first-order valence-electron chi connectivity index (χ1n) is 6.91. The molecule has 2 amide bonds. The van der Waals surface area contributed by atoms with Gasteiger partial charge in [0.05, 0.1) is 6.10 Å². The van der Waals surface area contributed by atoms with Gasteiger partial charge in [0, 0.05) is 45.6 Å². The van der Waals surface area contributed by atoms with E-state index in [0.29, 0.717) is 13.1 Å². The quantitative estimate of drug-likeness (QED) is 0.847. The van der Waals surface area contributed by atoms with E-state index < -0.39 is 0 Å². The van der Waals surface area contributed by atoms with Gasteiger partial charge in [0.25, 0.3) is 0 Å². The van der Waals surface area contributed by atoms with Crippen molar-refractivity contribution in [2.24, 2.45) is 0 Å². The van der Waals surface area contributed by atoms with Gasteiger partial charge >= 0.3 is 6.03 Å². The Bertz CT molecular complexity index is 445. The summed E-state index contributed by atoms with van der Waals surface area (Å²) in [5, 5.41) is 5.68. The molecular weight excluding hydrogens is 256 g/mol. The van der Waals surface area contributed by atoms with Crippen LogP contribution in [0.1, 0.15) is 18.4 Å². The van der Waals surface area contributed by atoms with E-state index in [-0.39, 0.29) is 12.1 Å². The number of anilines is 1. The Labute approximate surface area is 119 Å². The van der Waals surface area contributed by atoms with Crippen molar-refractivity contribution in [2.75, 3.05) is 32.1 Å². The molecule has 20 heavy (non-hydrogen) atoms. The van der Waals surface area contributed by atoms with Crippen molar-refractivity contribution < 1.29 is 9.53 Å². The van der Waals surface area contributed by atoms with Crippen molar-refractivity contribution in [1.29, 1.82) is 0 Å². The highest BCUT2D eigenvalue weighted by atomic mass is 16.5. The zero-order valence-electron chi connectivity index (χ0n) is 12.1. The van der Waals surface area contributed by atoms with Crippen molar-refractivity contribution in [3.8, 4) is 0 Å². The summed E-state index contributed by atoms with van der Waals surface area (Å²) in [6.07, 6.45) is 4.01. The zero-order chi connectivity index (χ0) is 14.4. The lowest BCUT2D eigenvalue weighted by atomic mass is 10.2. The summed E-state index contributed by atoms with van der Waals surface area (Å²) >= 11 is 0. The van der Waals surface area contributed by atoms with Crippen LogP contribution in [0.3, 0.4) is 0 Å². The van der Waals surface area contributed by atoms with Crippen molar-refractivity contribution in [3.05, 3.63) is 23.9 Å². The SMILES string of the molecule is CN(C)c1ncccc1CNC(=O)NC[C@H]1CCCO1. The van der Waals surface area contributed by atoms with Gasteiger partial charge in [-0.3, -0.25) is 0 Å². The van der Waals surface area contributed by atoms with Crippen molar-refractivity contribution in [3.63, 3.8) is 0 Å². The zero-order valence-corrected chi connectivity index (χ0v) is 12.1. The molecule has 0 aliphatic carbocycles. The van der Waals surface area contributed by atoms with Crippen LogP contribution in [0.2, 0.25) is 0 Å². The van der Waals surface area contributed by atoms with Gasteiger partial charge in [-0.25, -0.2) is 9.78 Å². The molecule has 0 radical (unpaired) electrons. The summed E-state index contributed by atoms with van der Waals surface area (Å²) in [4.78, 5) is 18.0. The van der Waals surface area contributed by atoms with Crippen LogP contribution in [0.5, 0.6) is 0 Å². The Hall–Kier alpha value is -1.82. The average Bonchev–Trinajstić information content (AvgIpc) is 2.96. The lowest BCUT2D eigenvalue weighted by Gasteiger charge is -2.16. The summed E-state index contributed by atoms with van der Waals surface area (Å²) in [6, 6.07) is 3.66. The number of rotatable bonds is 5. The van der Waals surface area contributed by atoms with Crippen LogP contribution >= 0.6 is 0 Å². The predicted octanol–water partition coefficient (Wildman–Crippen LogP) is 1.13. The first kappa shape index (κ1) is 14.6. The molecule has 6 nitrogen and oxygen atoms in total. The first-order chi connectivity index (χ1) is 9.66. The van der Waals surface area contributed by atoms with Gasteiger partial charge in [0.15, 0.2) is 0 Å². The van der Waals surface area contributed by atoms with Gasteiger partial charge in [-0.1, -0.05) is 6.07 Å².